The summed E-state index contributed by atoms with van der Waals surface area (Å²) in [6.07, 6.45) is 13.3. The van der Waals surface area contributed by atoms with E-state index in [-0.39, 0.29) is 12.3 Å². The number of amides is 1. The summed E-state index contributed by atoms with van der Waals surface area (Å²) in [6, 6.07) is 20.5. The number of rotatable bonds is 4. The van der Waals surface area contributed by atoms with Gasteiger partial charge in [0, 0.05) is 32.1 Å². The van der Waals surface area contributed by atoms with Crippen LogP contribution in [0.4, 0.5) is 5.69 Å². The van der Waals surface area contributed by atoms with Gasteiger partial charge in [0.05, 0.1) is 5.75 Å². The molecule has 0 aromatic heterocycles. The third-order valence-corrected chi connectivity index (χ3v) is 6.04. The first-order valence-corrected chi connectivity index (χ1v) is 13.6. The van der Waals surface area contributed by atoms with E-state index in [1.54, 1.807) is 0 Å². The summed E-state index contributed by atoms with van der Waals surface area (Å²) in [4.78, 5) is 11.2. The van der Waals surface area contributed by atoms with Crippen LogP contribution in [0.2, 0.25) is 0 Å². The maximum absolute atomic E-state index is 10.5. The molecule has 0 atom stereocenters. The predicted octanol–water partition coefficient (Wildman–Crippen LogP) is 5.19. The SMILES string of the molecule is C1CCCCC1.CN(C=O)CCS(C)(=O)=O.c1ccc2c(c1)CCCN2.c1ccccc1. The molecule has 2 aromatic carbocycles. The number of carbonyl (C=O) groups is 1. The summed E-state index contributed by atoms with van der Waals surface area (Å²) in [6.45, 7) is 1.40. The first kappa shape index (κ1) is 27.7. The van der Waals surface area contributed by atoms with Crippen LogP contribution in [0, 0.1) is 0 Å². The van der Waals surface area contributed by atoms with Crippen LogP contribution in [-0.2, 0) is 21.1 Å². The lowest BCUT2D eigenvalue weighted by Crippen LogP contribution is -2.23. The summed E-state index contributed by atoms with van der Waals surface area (Å²) >= 11 is 0. The fourth-order valence-electron chi connectivity index (χ4n) is 3.22. The standard InChI is InChI=1S/C9H11N.C6H12.C6H6.C5H11NO3S/c1-2-6-9-8(4-1)5-3-7-10-9;2*1-2-4-6-5-3-1;1-6(5-7)3-4-10(2,8)9/h1-2,4,6,10H,3,5,7H2;1-6H2;1-6H;5H,3-4H2,1-2H3. The van der Waals surface area contributed by atoms with Crippen molar-refractivity contribution in [2.24, 2.45) is 0 Å². The summed E-state index contributed by atoms with van der Waals surface area (Å²) in [5, 5.41) is 3.36. The van der Waals surface area contributed by atoms with E-state index < -0.39 is 9.84 Å². The molecule has 1 saturated carbocycles. The van der Waals surface area contributed by atoms with Crippen molar-refractivity contribution in [3.63, 3.8) is 0 Å². The average molecular weight is 461 g/mol. The Kier molecular flexibility index (Phi) is 14.9. The molecule has 1 aliphatic carbocycles. The molecule has 5 nitrogen and oxygen atoms in total. The molecule has 1 N–H and O–H groups in total. The van der Waals surface area contributed by atoms with Gasteiger partial charge in [-0.3, -0.25) is 4.79 Å². The Morgan fingerprint density at radius 1 is 0.844 bits per heavy atom. The zero-order valence-electron chi connectivity index (χ0n) is 19.7. The number of hydrogen-bond donors (Lipinski definition) is 1. The molecule has 0 bridgehead atoms. The molecule has 2 aromatic rings. The van der Waals surface area contributed by atoms with Crippen molar-refractivity contribution in [2.75, 3.05) is 37.5 Å². The van der Waals surface area contributed by atoms with Gasteiger partial charge >= 0.3 is 0 Å². The topological polar surface area (TPSA) is 66.5 Å². The molecular formula is C26H40N2O3S. The first-order chi connectivity index (χ1) is 15.4. The summed E-state index contributed by atoms with van der Waals surface area (Å²) in [5.41, 5.74) is 2.79. The largest absolute Gasteiger partial charge is 0.385 e. The number of nitrogens with one attached hydrogen (secondary N) is 1. The van der Waals surface area contributed by atoms with E-state index in [9.17, 15) is 13.2 Å². The van der Waals surface area contributed by atoms with Gasteiger partial charge in [0.15, 0.2) is 0 Å². The minimum absolute atomic E-state index is 0.0300. The van der Waals surface area contributed by atoms with Gasteiger partial charge in [-0.1, -0.05) is 93.1 Å². The molecule has 0 radical (unpaired) electrons. The molecule has 6 heteroatoms. The van der Waals surface area contributed by atoms with E-state index >= 15 is 0 Å². The second-order valence-corrected chi connectivity index (χ2v) is 10.4. The molecular weight excluding hydrogens is 420 g/mol. The number of aryl methyl sites for hydroxylation is 1. The molecule has 4 rings (SSSR count). The second kappa shape index (κ2) is 17.2. The van der Waals surface area contributed by atoms with Crippen LogP contribution >= 0.6 is 0 Å². The van der Waals surface area contributed by atoms with Gasteiger partial charge in [-0.05, 0) is 24.5 Å². The molecule has 0 saturated heterocycles. The van der Waals surface area contributed by atoms with Crippen LogP contribution in [0.15, 0.2) is 60.7 Å². The van der Waals surface area contributed by atoms with Crippen LogP contribution in [0.3, 0.4) is 0 Å². The van der Waals surface area contributed by atoms with E-state index in [1.807, 2.05) is 36.4 Å². The number of nitrogens with zero attached hydrogens (tertiary/aromatic N) is 1. The van der Waals surface area contributed by atoms with Crippen LogP contribution in [0.1, 0.15) is 50.5 Å². The molecule has 1 aliphatic heterocycles. The van der Waals surface area contributed by atoms with Crippen molar-refractivity contribution in [3.05, 3.63) is 66.2 Å². The third-order valence-electron chi connectivity index (χ3n) is 5.12. The highest BCUT2D eigenvalue weighted by atomic mass is 32.2. The lowest BCUT2D eigenvalue weighted by molar-refractivity contribution is -0.116. The van der Waals surface area contributed by atoms with Crippen LogP contribution < -0.4 is 5.32 Å². The number of hydrogen-bond acceptors (Lipinski definition) is 4. The molecule has 1 fully saturated rings. The van der Waals surface area contributed by atoms with Crippen molar-refractivity contribution < 1.29 is 13.2 Å². The Labute approximate surface area is 195 Å². The quantitative estimate of drug-likeness (QED) is 0.638. The van der Waals surface area contributed by atoms with E-state index in [4.69, 9.17) is 0 Å². The van der Waals surface area contributed by atoms with Crippen molar-refractivity contribution in [2.45, 2.75) is 51.4 Å². The average Bonchev–Trinajstić information content (AvgIpc) is 2.85. The summed E-state index contributed by atoms with van der Waals surface area (Å²) < 4.78 is 21.0. The predicted molar refractivity (Wildman–Crippen MR) is 136 cm³/mol. The lowest BCUT2D eigenvalue weighted by Gasteiger charge is -2.16. The molecule has 178 valence electrons. The fourth-order valence-corrected chi connectivity index (χ4v) is 3.84. The highest BCUT2D eigenvalue weighted by Crippen LogP contribution is 2.20. The maximum atomic E-state index is 10.5. The monoisotopic (exact) mass is 460 g/mol. The van der Waals surface area contributed by atoms with Gasteiger partial charge in [0.1, 0.15) is 9.84 Å². The van der Waals surface area contributed by atoms with Gasteiger partial charge < -0.3 is 10.2 Å². The van der Waals surface area contributed by atoms with Crippen molar-refractivity contribution in [1.29, 1.82) is 0 Å². The molecule has 2 aliphatic rings. The number of anilines is 1. The Balaban J connectivity index is 0.000000219. The van der Waals surface area contributed by atoms with Crippen LogP contribution in [0.5, 0.6) is 0 Å². The highest BCUT2D eigenvalue weighted by molar-refractivity contribution is 7.90. The number of carbonyl (C=O) groups excluding carboxylic acids is 1. The third kappa shape index (κ3) is 15.5. The van der Waals surface area contributed by atoms with Crippen molar-refractivity contribution in [3.8, 4) is 0 Å². The van der Waals surface area contributed by atoms with Crippen molar-refractivity contribution in [1.82, 2.24) is 4.90 Å². The fraction of sp³-hybridized carbons (Fsp3) is 0.500. The highest BCUT2D eigenvalue weighted by Gasteiger charge is 2.05. The minimum atomic E-state index is -2.93. The van der Waals surface area contributed by atoms with Gasteiger partial charge in [0.25, 0.3) is 0 Å². The van der Waals surface area contributed by atoms with Gasteiger partial charge in [0.2, 0.25) is 6.41 Å². The second-order valence-electron chi connectivity index (χ2n) is 8.18. The number of benzene rings is 2. The van der Waals surface area contributed by atoms with Gasteiger partial charge in [-0.25, -0.2) is 8.42 Å². The molecule has 1 amide bonds. The molecule has 32 heavy (non-hydrogen) atoms. The Hall–Kier alpha value is -2.34. The molecule has 0 spiro atoms. The first-order valence-electron chi connectivity index (χ1n) is 11.6. The van der Waals surface area contributed by atoms with E-state index in [1.165, 1.54) is 74.6 Å². The number of sulfone groups is 1. The Bertz CT molecular complexity index is 759. The minimum Gasteiger partial charge on any atom is -0.385 e. The van der Waals surface area contributed by atoms with Gasteiger partial charge in [-0.2, -0.15) is 0 Å². The van der Waals surface area contributed by atoms with Crippen LogP contribution in [0.25, 0.3) is 0 Å². The van der Waals surface area contributed by atoms with E-state index in [0.29, 0.717) is 6.41 Å². The van der Waals surface area contributed by atoms with E-state index in [0.717, 1.165) is 12.8 Å². The molecule has 0 unspecified atom stereocenters. The van der Waals surface area contributed by atoms with E-state index in [2.05, 4.69) is 29.6 Å². The summed E-state index contributed by atoms with van der Waals surface area (Å²) in [5.74, 6) is 0.0300. The lowest BCUT2D eigenvalue weighted by atomic mass is 10.0. The smallest absolute Gasteiger partial charge is 0.209 e. The van der Waals surface area contributed by atoms with Gasteiger partial charge in [-0.15, -0.1) is 0 Å². The Morgan fingerprint density at radius 2 is 1.34 bits per heavy atom. The van der Waals surface area contributed by atoms with Crippen molar-refractivity contribution >= 4 is 21.9 Å². The number of para-hydroxylation sites is 1. The zero-order valence-corrected chi connectivity index (χ0v) is 20.5. The Morgan fingerprint density at radius 3 is 1.78 bits per heavy atom. The maximum Gasteiger partial charge on any atom is 0.209 e. The summed E-state index contributed by atoms with van der Waals surface area (Å²) in [7, 11) is -1.39. The normalized spacial score (nSPS) is 14.3. The van der Waals surface area contributed by atoms with Crippen LogP contribution in [-0.4, -0.2) is 51.9 Å². The number of fused-ring (bicyclic) bond motifs is 1. The zero-order chi connectivity index (χ0) is 23.5. The molecule has 1 heterocycles.